The fourth-order valence-electron chi connectivity index (χ4n) is 9.58. The highest BCUT2D eigenvalue weighted by atomic mass is 16.3. The second kappa shape index (κ2) is 59.7. The number of hydrogen-bond acceptors (Lipinski definition) is 3. The Morgan fingerprint density at radius 1 is 0.353 bits per heavy atom. The third-order valence-electron chi connectivity index (χ3n) is 14.3. The van der Waals surface area contributed by atoms with Crippen LogP contribution in [0.3, 0.4) is 0 Å². The molecule has 1 amide bonds. The summed E-state index contributed by atoms with van der Waals surface area (Å²) >= 11 is 0. The smallest absolute Gasteiger partial charge is 0.220 e. The van der Waals surface area contributed by atoms with Crippen molar-refractivity contribution in [1.82, 2.24) is 5.32 Å². The molecule has 0 rings (SSSR count). The van der Waals surface area contributed by atoms with E-state index in [0.717, 1.165) is 38.5 Å². The number of unbranched alkanes of at least 4 members (excludes halogenated alkanes) is 44. The van der Waals surface area contributed by atoms with Gasteiger partial charge in [-0.15, -0.1) is 0 Å². The Labute approximate surface area is 426 Å². The molecular formula is C64H121NO3. The zero-order valence-corrected chi connectivity index (χ0v) is 46.1. The zero-order valence-electron chi connectivity index (χ0n) is 46.1. The van der Waals surface area contributed by atoms with Gasteiger partial charge in [-0.2, -0.15) is 0 Å². The maximum Gasteiger partial charge on any atom is 0.220 e. The topological polar surface area (TPSA) is 69.6 Å². The van der Waals surface area contributed by atoms with Gasteiger partial charge in [0.1, 0.15) is 0 Å². The zero-order chi connectivity index (χ0) is 49.2. The Hall–Kier alpha value is -1.65. The van der Waals surface area contributed by atoms with E-state index in [0.29, 0.717) is 6.42 Å². The van der Waals surface area contributed by atoms with Crippen molar-refractivity contribution < 1.29 is 15.0 Å². The fourth-order valence-corrected chi connectivity index (χ4v) is 9.58. The number of carbonyl (C=O) groups excluding carboxylic acids is 1. The summed E-state index contributed by atoms with van der Waals surface area (Å²) in [5, 5.41) is 23.2. The first-order valence-electron chi connectivity index (χ1n) is 30.9. The summed E-state index contributed by atoms with van der Waals surface area (Å²) in [5.74, 6) is -0.0691. The van der Waals surface area contributed by atoms with Gasteiger partial charge in [-0.05, 0) is 64.2 Å². The van der Waals surface area contributed by atoms with Gasteiger partial charge in [0, 0.05) is 6.42 Å². The lowest BCUT2D eigenvalue weighted by Crippen LogP contribution is -2.45. The number of hydrogen-bond donors (Lipinski definition) is 3. The molecule has 0 aromatic carbocycles. The number of allylic oxidation sites excluding steroid dienone is 7. The van der Waals surface area contributed by atoms with Gasteiger partial charge in [0.25, 0.3) is 0 Å². The number of aliphatic hydroxyl groups is 2. The Kier molecular flexibility index (Phi) is 58.2. The number of nitrogens with one attached hydrogen (secondary N) is 1. The molecule has 68 heavy (non-hydrogen) atoms. The minimum atomic E-state index is -0.863. The molecule has 4 heteroatoms. The summed E-state index contributed by atoms with van der Waals surface area (Å²) in [5.41, 5.74) is 0. The molecule has 0 saturated carbocycles. The molecule has 2 unspecified atom stereocenters. The van der Waals surface area contributed by atoms with Crippen LogP contribution in [0, 0.1) is 0 Å². The molecule has 0 aliphatic rings. The molecule has 4 nitrogen and oxygen atoms in total. The number of carbonyl (C=O) groups is 1. The minimum absolute atomic E-state index is 0.0691. The van der Waals surface area contributed by atoms with Crippen LogP contribution in [0.4, 0.5) is 0 Å². The third kappa shape index (κ3) is 55.3. The van der Waals surface area contributed by atoms with E-state index >= 15 is 0 Å². The average molecular weight is 953 g/mol. The van der Waals surface area contributed by atoms with Gasteiger partial charge >= 0.3 is 0 Å². The molecule has 0 aromatic rings. The molecule has 0 fully saturated rings. The quantitative estimate of drug-likeness (QED) is 0.0420. The van der Waals surface area contributed by atoms with E-state index in [4.69, 9.17) is 0 Å². The third-order valence-corrected chi connectivity index (χ3v) is 14.3. The van der Waals surface area contributed by atoms with Crippen LogP contribution in [-0.2, 0) is 4.79 Å². The van der Waals surface area contributed by atoms with Crippen LogP contribution in [0.25, 0.3) is 0 Å². The number of rotatable bonds is 57. The van der Waals surface area contributed by atoms with Crippen LogP contribution in [0.5, 0.6) is 0 Å². The maximum absolute atomic E-state index is 12.5. The van der Waals surface area contributed by atoms with Crippen molar-refractivity contribution in [3.63, 3.8) is 0 Å². The second-order valence-electron chi connectivity index (χ2n) is 21.1. The first kappa shape index (κ1) is 66.3. The van der Waals surface area contributed by atoms with Gasteiger partial charge in [0.15, 0.2) is 0 Å². The second-order valence-corrected chi connectivity index (χ2v) is 21.1. The molecule has 0 aromatic heterocycles. The van der Waals surface area contributed by atoms with Gasteiger partial charge in [-0.1, -0.05) is 313 Å². The predicted molar refractivity (Wildman–Crippen MR) is 304 cm³/mol. The molecule has 0 aliphatic carbocycles. The molecule has 2 atom stereocenters. The predicted octanol–water partition coefficient (Wildman–Crippen LogP) is 20.6. The van der Waals surface area contributed by atoms with Gasteiger partial charge in [-0.3, -0.25) is 4.79 Å². The molecule has 0 spiro atoms. The molecule has 0 aliphatic heterocycles. The van der Waals surface area contributed by atoms with Crippen molar-refractivity contribution in [3.8, 4) is 0 Å². The first-order valence-corrected chi connectivity index (χ1v) is 30.9. The summed E-state index contributed by atoms with van der Waals surface area (Å²) in [7, 11) is 0. The lowest BCUT2D eigenvalue weighted by Gasteiger charge is -2.19. The summed E-state index contributed by atoms with van der Waals surface area (Å²) in [6.07, 6.45) is 83.0. The fraction of sp³-hybridized carbons (Fsp3) is 0.859. The van der Waals surface area contributed by atoms with Crippen LogP contribution >= 0.6 is 0 Å². The van der Waals surface area contributed by atoms with Crippen LogP contribution in [0.15, 0.2) is 48.6 Å². The van der Waals surface area contributed by atoms with Crippen LogP contribution in [0.2, 0.25) is 0 Å². The molecule has 0 heterocycles. The van der Waals surface area contributed by atoms with Crippen molar-refractivity contribution in [3.05, 3.63) is 48.6 Å². The van der Waals surface area contributed by atoms with Crippen molar-refractivity contribution in [2.24, 2.45) is 0 Å². The van der Waals surface area contributed by atoms with Gasteiger partial charge in [0.05, 0.1) is 18.8 Å². The highest BCUT2D eigenvalue weighted by Gasteiger charge is 2.18. The highest BCUT2D eigenvalue weighted by molar-refractivity contribution is 5.76. The largest absolute Gasteiger partial charge is 0.394 e. The average Bonchev–Trinajstić information content (AvgIpc) is 3.34. The Balaban J connectivity index is 3.48. The van der Waals surface area contributed by atoms with Crippen molar-refractivity contribution in [2.75, 3.05) is 6.61 Å². The van der Waals surface area contributed by atoms with Gasteiger partial charge < -0.3 is 15.5 Å². The lowest BCUT2D eigenvalue weighted by atomic mass is 10.0. The Morgan fingerprint density at radius 2 is 0.618 bits per heavy atom. The lowest BCUT2D eigenvalue weighted by molar-refractivity contribution is -0.123. The molecule has 400 valence electrons. The van der Waals surface area contributed by atoms with E-state index in [2.05, 4.69) is 55.6 Å². The maximum atomic E-state index is 12.5. The van der Waals surface area contributed by atoms with E-state index < -0.39 is 12.1 Å². The summed E-state index contributed by atoms with van der Waals surface area (Å²) in [6.45, 7) is 4.33. The van der Waals surface area contributed by atoms with E-state index in [-0.39, 0.29) is 12.5 Å². The minimum Gasteiger partial charge on any atom is -0.394 e. The Bertz CT molecular complexity index is 1080. The normalized spacial score (nSPS) is 13.1. The first-order chi connectivity index (χ1) is 33.7. The van der Waals surface area contributed by atoms with Crippen molar-refractivity contribution >= 4 is 5.91 Å². The summed E-state index contributed by atoms with van der Waals surface area (Å²) in [6, 6.07) is -0.640. The van der Waals surface area contributed by atoms with E-state index in [9.17, 15) is 15.0 Å². The van der Waals surface area contributed by atoms with Crippen LogP contribution in [-0.4, -0.2) is 34.9 Å². The van der Waals surface area contributed by atoms with E-state index in [1.165, 1.54) is 276 Å². The van der Waals surface area contributed by atoms with Crippen LogP contribution < -0.4 is 5.32 Å². The van der Waals surface area contributed by atoms with Gasteiger partial charge in [0.2, 0.25) is 5.91 Å². The number of aliphatic hydroxyl groups excluding tert-OH is 2. The van der Waals surface area contributed by atoms with Gasteiger partial charge in [-0.25, -0.2) is 0 Å². The molecule has 0 bridgehead atoms. The van der Waals surface area contributed by atoms with Crippen molar-refractivity contribution in [1.29, 1.82) is 0 Å². The molecule has 0 radical (unpaired) electrons. The molecule has 0 saturated heterocycles. The monoisotopic (exact) mass is 952 g/mol. The van der Waals surface area contributed by atoms with Crippen molar-refractivity contribution in [2.45, 2.75) is 347 Å². The summed E-state index contributed by atoms with van der Waals surface area (Å²) in [4.78, 5) is 12.5. The standard InChI is InChI=1S/C64H121NO3/c1-3-5-7-9-11-13-15-17-19-21-23-25-27-28-29-30-31-32-33-34-35-36-38-40-42-44-46-48-50-52-54-56-58-60-64(68)65-62(61-66)63(67)59-57-55-53-51-49-47-45-43-41-39-37-26-24-22-20-18-16-14-12-10-8-6-4-2/h23,25,28-29,49,51,57,59,62-63,66-67H,3-22,24,26-27,30-48,50,52-56,58,60-61H2,1-2H3,(H,65,68)/b25-23-,29-28-,51-49+,59-57+. The SMILES string of the molecule is CCCCCCCCCCC/C=C\C/C=C\CCCCCCCCCCCCCCCCCCCC(=O)NC(CO)C(O)/C=C/CC/C=C/CCCCCCCCCCCCCCCCCCC. The van der Waals surface area contributed by atoms with Crippen LogP contribution in [0.1, 0.15) is 335 Å². The Morgan fingerprint density at radius 3 is 0.941 bits per heavy atom. The van der Waals surface area contributed by atoms with E-state index in [1.54, 1.807) is 6.08 Å². The molecule has 3 N–H and O–H groups in total. The van der Waals surface area contributed by atoms with E-state index in [1.807, 2.05) is 6.08 Å². The highest BCUT2D eigenvalue weighted by Crippen LogP contribution is 2.17. The molecular weight excluding hydrogens is 831 g/mol. The summed E-state index contributed by atoms with van der Waals surface area (Å²) < 4.78 is 0. The number of amides is 1.